The topological polar surface area (TPSA) is 71.5 Å². The van der Waals surface area contributed by atoms with Crippen LogP contribution in [-0.2, 0) is 6.54 Å². The summed E-state index contributed by atoms with van der Waals surface area (Å²) in [6, 6.07) is 9.65. The summed E-state index contributed by atoms with van der Waals surface area (Å²) in [5.41, 5.74) is 7.14. The van der Waals surface area contributed by atoms with Gasteiger partial charge in [-0.2, -0.15) is 0 Å². The van der Waals surface area contributed by atoms with E-state index in [-0.39, 0.29) is 43.3 Å². The molecular formula is C18H24Cl3N3O2. The fourth-order valence-electron chi connectivity index (χ4n) is 3.12. The summed E-state index contributed by atoms with van der Waals surface area (Å²) in [5, 5.41) is 3.72. The monoisotopic (exact) mass is 419 g/mol. The molecule has 1 aromatic heterocycles. The van der Waals surface area contributed by atoms with Crippen molar-refractivity contribution in [2.24, 2.45) is 5.73 Å². The Morgan fingerprint density at radius 2 is 2.00 bits per heavy atom. The molecule has 144 valence electrons. The second-order valence-corrected chi connectivity index (χ2v) is 6.47. The van der Waals surface area contributed by atoms with Crippen LogP contribution in [0.2, 0.25) is 5.02 Å². The molecule has 1 aliphatic heterocycles. The van der Waals surface area contributed by atoms with Crippen molar-refractivity contribution in [1.82, 2.24) is 10.2 Å². The van der Waals surface area contributed by atoms with E-state index in [9.17, 15) is 4.79 Å². The highest BCUT2D eigenvalue weighted by atomic mass is 35.5. The largest absolute Gasteiger partial charge is 0.467 e. The van der Waals surface area contributed by atoms with E-state index in [1.54, 1.807) is 6.07 Å². The maximum absolute atomic E-state index is 12.3. The van der Waals surface area contributed by atoms with Gasteiger partial charge >= 0.3 is 0 Å². The molecule has 1 saturated heterocycles. The molecule has 1 fully saturated rings. The first kappa shape index (κ1) is 22.8. The molecule has 0 spiro atoms. The van der Waals surface area contributed by atoms with Gasteiger partial charge in [0.15, 0.2) is 0 Å². The van der Waals surface area contributed by atoms with E-state index in [2.05, 4.69) is 16.3 Å². The fourth-order valence-corrected chi connectivity index (χ4v) is 3.32. The highest BCUT2D eigenvalue weighted by Crippen LogP contribution is 2.26. The fraction of sp³-hybridized carbons (Fsp3) is 0.389. The molecule has 1 aromatic carbocycles. The molecule has 1 unspecified atom stereocenters. The number of nitrogens with zero attached hydrogens (tertiary/aromatic N) is 1. The van der Waals surface area contributed by atoms with Crippen LogP contribution in [0.5, 0.6) is 0 Å². The van der Waals surface area contributed by atoms with E-state index in [1.165, 1.54) is 19.1 Å². The number of halogens is 3. The lowest BCUT2D eigenvalue weighted by molar-refractivity contribution is 0.0937. The minimum atomic E-state index is -0.148. The number of hydrogen-bond acceptors (Lipinski definition) is 4. The molecule has 8 heteroatoms. The Morgan fingerprint density at radius 3 is 2.62 bits per heavy atom. The van der Waals surface area contributed by atoms with Crippen LogP contribution in [-0.4, -0.2) is 30.4 Å². The van der Waals surface area contributed by atoms with Crippen molar-refractivity contribution in [2.45, 2.75) is 25.4 Å². The van der Waals surface area contributed by atoms with Crippen LogP contribution in [0, 0.1) is 0 Å². The number of benzene rings is 1. The molecule has 0 bridgehead atoms. The van der Waals surface area contributed by atoms with Gasteiger partial charge in [0, 0.05) is 11.6 Å². The summed E-state index contributed by atoms with van der Waals surface area (Å²) in [5.74, 6) is 0.454. The van der Waals surface area contributed by atoms with Crippen LogP contribution in [0.25, 0.3) is 0 Å². The van der Waals surface area contributed by atoms with Gasteiger partial charge in [-0.1, -0.05) is 23.7 Å². The summed E-state index contributed by atoms with van der Waals surface area (Å²) >= 11 is 6.14. The van der Waals surface area contributed by atoms with Crippen LogP contribution in [0.15, 0.2) is 41.0 Å². The molecule has 1 atom stereocenters. The third-order valence-corrected chi connectivity index (χ3v) is 4.62. The molecule has 0 aliphatic carbocycles. The standard InChI is InChI=1S/C18H22ClN3O2.2ClH/c19-15-5-3-4-13(8-15)17(22-6-1-2-7-22)11-21-18(23)14-9-16(10-20)24-12-14;;/h3-5,8-9,12,17H,1-2,6-7,10-11,20H2,(H,21,23);2*1H. The number of likely N-dealkylation sites (tertiary alicyclic amines) is 1. The van der Waals surface area contributed by atoms with E-state index >= 15 is 0 Å². The predicted molar refractivity (Wildman–Crippen MR) is 108 cm³/mol. The van der Waals surface area contributed by atoms with E-state index < -0.39 is 0 Å². The Balaban J connectivity index is 0.00000169. The Bertz CT molecular complexity index is 702. The summed E-state index contributed by atoms with van der Waals surface area (Å²) in [6.45, 7) is 2.89. The number of nitrogens with two attached hydrogens (primary N) is 1. The number of carbonyl (C=O) groups is 1. The number of rotatable bonds is 6. The number of hydrogen-bond donors (Lipinski definition) is 2. The van der Waals surface area contributed by atoms with Crippen LogP contribution in [0.1, 0.15) is 40.6 Å². The van der Waals surface area contributed by atoms with E-state index in [0.717, 1.165) is 18.7 Å². The van der Waals surface area contributed by atoms with E-state index in [1.807, 2.05) is 18.2 Å². The van der Waals surface area contributed by atoms with Gasteiger partial charge in [0.05, 0.1) is 18.2 Å². The van der Waals surface area contributed by atoms with Gasteiger partial charge in [-0.05, 0) is 49.7 Å². The van der Waals surface area contributed by atoms with Gasteiger partial charge < -0.3 is 15.5 Å². The maximum Gasteiger partial charge on any atom is 0.254 e. The second-order valence-electron chi connectivity index (χ2n) is 6.03. The Kier molecular flexibility index (Phi) is 9.47. The van der Waals surface area contributed by atoms with Crippen molar-refractivity contribution >= 4 is 42.3 Å². The molecule has 3 rings (SSSR count). The minimum Gasteiger partial charge on any atom is -0.467 e. The van der Waals surface area contributed by atoms with Crippen LogP contribution >= 0.6 is 36.4 Å². The van der Waals surface area contributed by atoms with Gasteiger partial charge in [0.1, 0.15) is 12.0 Å². The van der Waals surface area contributed by atoms with Crippen molar-refractivity contribution in [1.29, 1.82) is 0 Å². The number of carbonyl (C=O) groups excluding carboxylic acids is 1. The number of nitrogens with one attached hydrogen (secondary N) is 1. The highest BCUT2D eigenvalue weighted by molar-refractivity contribution is 6.30. The van der Waals surface area contributed by atoms with E-state index in [4.69, 9.17) is 21.8 Å². The third kappa shape index (κ3) is 5.63. The first-order chi connectivity index (χ1) is 11.7. The van der Waals surface area contributed by atoms with Gasteiger partial charge in [-0.15, -0.1) is 24.8 Å². The van der Waals surface area contributed by atoms with Gasteiger partial charge in [-0.25, -0.2) is 0 Å². The van der Waals surface area contributed by atoms with Crippen molar-refractivity contribution < 1.29 is 9.21 Å². The zero-order chi connectivity index (χ0) is 16.9. The zero-order valence-electron chi connectivity index (χ0n) is 14.3. The van der Waals surface area contributed by atoms with Crippen molar-refractivity contribution in [3.05, 3.63) is 58.5 Å². The van der Waals surface area contributed by atoms with Crippen molar-refractivity contribution in [3.63, 3.8) is 0 Å². The molecule has 5 nitrogen and oxygen atoms in total. The molecule has 3 N–H and O–H groups in total. The smallest absolute Gasteiger partial charge is 0.254 e. The SMILES string of the molecule is Cl.Cl.NCc1cc(C(=O)NCC(c2cccc(Cl)c2)N2CCCC2)co1. The second kappa shape index (κ2) is 10.8. The third-order valence-electron chi connectivity index (χ3n) is 4.39. The molecule has 0 radical (unpaired) electrons. The maximum atomic E-state index is 12.3. The molecule has 1 aliphatic rings. The van der Waals surface area contributed by atoms with Crippen molar-refractivity contribution in [2.75, 3.05) is 19.6 Å². The molecule has 26 heavy (non-hydrogen) atoms. The normalized spacial score (nSPS) is 15.0. The summed E-state index contributed by atoms with van der Waals surface area (Å²) < 4.78 is 5.23. The molecule has 0 saturated carbocycles. The Labute approximate surface area is 171 Å². The van der Waals surface area contributed by atoms with Gasteiger partial charge in [-0.3, -0.25) is 9.69 Å². The lowest BCUT2D eigenvalue weighted by Gasteiger charge is -2.28. The predicted octanol–water partition coefficient (Wildman–Crippen LogP) is 3.80. The average molecular weight is 421 g/mol. The highest BCUT2D eigenvalue weighted by Gasteiger charge is 2.24. The summed E-state index contributed by atoms with van der Waals surface area (Å²) in [6.07, 6.45) is 3.82. The van der Waals surface area contributed by atoms with Gasteiger partial charge in [0.25, 0.3) is 5.91 Å². The van der Waals surface area contributed by atoms with Crippen molar-refractivity contribution in [3.8, 4) is 0 Å². The van der Waals surface area contributed by atoms with Gasteiger partial charge in [0.2, 0.25) is 0 Å². The Hall–Kier alpha value is -1.24. The van der Waals surface area contributed by atoms with Crippen LogP contribution in [0.3, 0.4) is 0 Å². The summed E-state index contributed by atoms with van der Waals surface area (Å²) in [4.78, 5) is 14.7. The molecule has 2 aromatic rings. The minimum absolute atomic E-state index is 0. The zero-order valence-corrected chi connectivity index (χ0v) is 16.7. The lowest BCUT2D eigenvalue weighted by Crippen LogP contribution is -2.36. The molecular weight excluding hydrogens is 397 g/mol. The number of amides is 1. The quantitative estimate of drug-likeness (QED) is 0.745. The van der Waals surface area contributed by atoms with Crippen LogP contribution in [0.4, 0.5) is 0 Å². The molecule has 2 heterocycles. The Morgan fingerprint density at radius 1 is 1.27 bits per heavy atom. The average Bonchev–Trinajstić information content (AvgIpc) is 3.27. The first-order valence-corrected chi connectivity index (χ1v) is 8.60. The summed E-state index contributed by atoms with van der Waals surface area (Å²) in [7, 11) is 0. The lowest BCUT2D eigenvalue weighted by atomic mass is 10.1. The first-order valence-electron chi connectivity index (χ1n) is 8.22. The number of furan rings is 1. The molecule has 1 amide bonds. The van der Waals surface area contributed by atoms with E-state index in [0.29, 0.717) is 22.9 Å². The van der Waals surface area contributed by atoms with Crippen LogP contribution < -0.4 is 11.1 Å².